The van der Waals surface area contributed by atoms with Crippen LogP contribution in [-0.2, 0) is 0 Å². The molecule has 2 aromatic rings. The lowest BCUT2D eigenvalue weighted by Gasteiger charge is -2.04. The van der Waals surface area contributed by atoms with Crippen molar-refractivity contribution in [2.75, 3.05) is 5.73 Å². The molecular weight excluding hydrogens is 200 g/mol. The van der Waals surface area contributed by atoms with Crippen LogP contribution in [-0.4, -0.2) is 9.97 Å². The molecule has 2 rings (SSSR count). The van der Waals surface area contributed by atoms with E-state index in [1.807, 2.05) is 31.2 Å². The summed E-state index contributed by atoms with van der Waals surface area (Å²) in [5, 5.41) is 8.74. The lowest BCUT2D eigenvalue weighted by atomic mass is 10.1. The van der Waals surface area contributed by atoms with Crippen molar-refractivity contribution in [1.29, 1.82) is 5.26 Å². The van der Waals surface area contributed by atoms with Crippen LogP contribution in [0.5, 0.6) is 0 Å². The Labute approximate surface area is 93.4 Å². The second kappa shape index (κ2) is 3.99. The van der Waals surface area contributed by atoms with Crippen LogP contribution in [0.2, 0.25) is 0 Å². The van der Waals surface area contributed by atoms with Gasteiger partial charge in [0.2, 0.25) is 0 Å². The summed E-state index contributed by atoms with van der Waals surface area (Å²) in [4.78, 5) is 8.14. The predicted octanol–water partition coefficient (Wildman–Crippen LogP) is 1.91. The van der Waals surface area contributed by atoms with E-state index in [1.54, 1.807) is 6.20 Å². The van der Waals surface area contributed by atoms with Gasteiger partial charge in [-0.1, -0.05) is 6.07 Å². The Morgan fingerprint density at radius 1 is 1.31 bits per heavy atom. The fourth-order valence-corrected chi connectivity index (χ4v) is 1.39. The van der Waals surface area contributed by atoms with Crippen molar-refractivity contribution in [3.63, 3.8) is 0 Å². The summed E-state index contributed by atoms with van der Waals surface area (Å²) >= 11 is 0. The van der Waals surface area contributed by atoms with Gasteiger partial charge in [0, 0.05) is 11.3 Å². The summed E-state index contributed by atoms with van der Waals surface area (Å²) in [6.07, 6.45) is 3.07. The van der Waals surface area contributed by atoms with E-state index < -0.39 is 0 Å². The van der Waals surface area contributed by atoms with E-state index in [2.05, 4.69) is 9.97 Å². The number of hydrogen-bond acceptors (Lipinski definition) is 4. The van der Waals surface area contributed by atoms with Crippen LogP contribution >= 0.6 is 0 Å². The van der Waals surface area contributed by atoms with Crippen molar-refractivity contribution in [3.8, 4) is 17.3 Å². The van der Waals surface area contributed by atoms with Gasteiger partial charge < -0.3 is 5.73 Å². The zero-order valence-corrected chi connectivity index (χ0v) is 8.81. The maximum absolute atomic E-state index is 8.74. The van der Waals surface area contributed by atoms with Gasteiger partial charge in [0.15, 0.2) is 5.69 Å². The van der Waals surface area contributed by atoms with Crippen molar-refractivity contribution >= 4 is 5.69 Å². The van der Waals surface area contributed by atoms with E-state index in [-0.39, 0.29) is 0 Å². The molecule has 0 unspecified atom stereocenters. The number of aryl methyl sites for hydroxylation is 1. The zero-order chi connectivity index (χ0) is 11.5. The van der Waals surface area contributed by atoms with Crippen molar-refractivity contribution in [2.45, 2.75) is 6.92 Å². The maximum Gasteiger partial charge on any atom is 0.159 e. The van der Waals surface area contributed by atoms with Gasteiger partial charge in [-0.3, -0.25) is 4.98 Å². The topological polar surface area (TPSA) is 75.6 Å². The van der Waals surface area contributed by atoms with Gasteiger partial charge in [-0.25, -0.2) is 4.98 Å². The molecule has 2 N–H and O–H groups in total. The molecule has 0 aliphatic heterocycles. The fourth-order valence-electron chi connectivity index (χ4n) is 1.39. The minimum atomic E-state index is 0.312. The van der Waals surface area contributed by atoms with Gasteiger partial charge in [-0.2, -0.15) is 5.26 Å². The third kappa shape index (κ3) is 1.84. The van der Waals surface area contributed by atoms with Crippen LogP contribution in [0.4, 0.5) is 5.69 Å². The van der Waals surface area contributed by atoms with Crippen molar-refractivity contribution in [1.82, 2.24) is 9.97 Å². The van der Waals surface area contributed by atoms with E-state index in [4.69, 9.17) is 11.0 Å². The number of benzene rings is 1. The smallest absolute Gasteiger partial charge is 0.159 e. The van der Waals surface area contributed by atoms with E-state index >= 15 is 0 Å². The van der Waals surface area contributed by atoms with Crippen LogP contribution in [0.1, 0.15) is 11.3 Å². The lowest BCUT2D eigenvalue weighted by molar-refractivity contribution is 1.17. The van der Waals surface area contributed by atoms with Crippen LogP contribution in [0.25, 0.3) is 11.3 Å². The van der Waals surface area contributed by atoms with Crippen molar-refractivity contribution in [3.05, 3.63) is 41.9 Å². The number of hydrogen-bond donors (Lipinski definition) is 1. The first-order chi connectivity index (χ1) is 7.70. The molecule has 0 aliphatic rings. The number of nitrogens with zero attached hydrogens (tertiary/aromatic N) is 3. The van der Waals surface area contributed by atoms with Crippen LogP contribution < -0.4 is 5.73 Å². The van der Waals surface area contributed by atoms with Gasteiger partial charge in [0.1, 0.15) is 6.07 Å². The highest BCUT2D eigenvalue weighted by atomic mass is 14.8. The Morgan fingerprint density at radius 2 is 2.12 bits per heavy atom. The molecule has 0 fully saturated rings. The largest absolute Gasteiger partial charge is 0.399 e. The highest BCUT2D eigenvalue weighted by molar-refractivity contribution is 5.64. The second-order valence-corrected chi connectivity index (χ2v) is 3.47. The molecule has 78 valence electrons. The van der Waals surface area contributed by atoms with E-state index in [0.717, 1.165) is 16.8 Å². The molecule has 0 saturated heterocycles. The Bertz CT molecular complexity index is 569. The number of rotatable bonds is 1. The van der Waals surface area contributed by atoms with Crippen LogP contribution in [0.3, 0.4) is 0 Å². The third-order valence-corrected chi connectivity index (χ3v) is 2.31. The molecule has 1 heterocycles. The average Bonchev–Trinajstić information content (AvgIpc) is 2.33. The molecular formula is C12H10N4. The summed E-state index contributed by atoms with van der Waals surface area (Å²) in [7, 11) is 0. The van der Waals surface area contributed by atoms with E-state index in [9.17, 15) is 0 Å². The van der Waals surface area contributed by atoms with Gasteiger partial charge in [-0.05, 0) is 24.6 Å². The molecule has 0 spiro atoms. The molecule has 16 heavy (non-hydrogen) atoms. The number of nitrogen functional groups attached to an aromatic ring is 1. The van der Waals surface area contributed by atoms with Gasteiger partial charge >= 0.3 is 0 Å². The zero-order valence-electron chi connectivity index (χ0n) is 8.81. The summed E-state index contributed by atoms with van der Waals surface area (Å²) < 4.78 is 0. The minimum absolute atomic E-state index is 0.312. The number of anilines is 1. The molecule has 1 aromatic heterocycles. The highest BCUT2D eigenvalue weighted by Crippen LogP contribution is 2.21. The number of nitriles is 1. The van der Waals surface area contributed by atoms with E-state index in [0.29, 0.717) is 11.4 Å². The monoisotopic (exact) mass is 210 g/mol. The molecule has 0 bridgehead atoms. The summed E-state index contributed by atoms with van der Waals surface area (Å²) in [6.45, 7) is 1.93. The summed E-state index contributed by atoms with van der Waals surface area (Å²) in [5.74, 6) is 0. The van der Waals surface area contributed by atoms with Crippen molar-refractivity contribution in [2.24, 2.45) is 0 Å². The van der Waals surface area contributed by atoms with Crippen LogP contribution in [0.15, 0.2) is 30.6 Å². The number of nitrogens with two attached hydrogens (primary N) is 1. The Morgan fingerprint density at radius 3 is 2.81 bits per heavy atom. The fraction of sp³-hybridized carbons (Fsp3) is 0.0833. The normalized spacial score (nSPS) is 9.75. The van der Waals surface area contributed by atoms with Gasteiger partial charge in [0.05, 0.1) is 18.1 Å². The first-order valence-electron chi connectivity index (χ1n) is 4.79. The molecule has 0 radical (unpaired) electrons. The Kier molecular flexibility index (Phi) is 2.52. The SMILES string of the molecule is Cc1cc(-c2cncc(C#N)n2)ccc1N. The molecule has 0 saturated carbocycles. The lowest BCUT2D eigenvalue weighted by Crippen LogP contribution is -1.93. The van der Waals surface area contributed by atoms with Crippen molar-refractivity contribution < 1.29 is 0 Å². The van der Waals surface area contributed by atoms with E-state index in [1.165, 1.54) is 6.20 Å². The standard InChI is InChI=1S/C12H10N4/c1-8-4-9(2-3-11(8)14)12-7-15-6-10(5-13)16-12/h2-4,6-7H,14H2,1H3. The average molecular weight is 210 g/mol. The third-order valence-electron chi connectivity index (χ3n) is 2.31. The Balaban J connectivity index is 2.51. The molecule has 0 aliphatic carbocycles. The second-order valence-electron chi connectivity index (χ2n) is 3.47. The highest BCUT2D eigenvalue weighted by Gasteiger charge is 2.03. The molecule has 1 aromatic carbocycles. The Hall–Kier alpha value is -2.41. The molecule has 4 nitrogen and oxygen atoms in total. The summed E-state index contributed by atoms with van der Waals surface area (Å²) in [6, 6.07) is 7.59. The quantitative estimate of drug-likeness (QED) is 0.729. The molecule has 4 heteroatoms. The summed E-state index contributed by atoms with van der Waals surface area (Å²) in [5.41, 5.74) is 9.37. The first-order valence-corrected chi connectivity index (χ1v) is 4.79. The minimum Gasteiger partial charge on any atom is -0.399 e. The molecule has 0 amide bonds. The first kappa shape index (κ1) is 10.1. The van der Waals surface area contributed by atoms with Gasteiger partial charge in [-0.15, -0.1) is 0 Å². The molecule has 0 atom stereocenters. The van der Waals surface area contributed by atoms with Crippen LogP contribution in [0, 0.1) is 18.3 Å². The predicted molar refractivity (Wildman–Crippen MR) is 61.3 cm³/mol. The maximum atomic E-state index is 8.74. The number of aromatic nitrogens is 2. The van der Waals surface area contributed by atoms with Gasteiger partial charge in [0.25, 0.3) is 0 Å².